The molecule has 0 radical (unpaired) electrons. The molecule has 0 amide bonds. The molecule has 0 atom stereocenters. The van der Waals surface area contributed by atoms with Crippen LogP contribution in [0.15, 0.2) is 0 Å². The van der Waals surface area contributed by atoms with Crippen molar-refractivity contribution in [1.29, 1.82) is 0 Å². The number of rotatable bonds is 0. The summed E-state index contributed by atoms with van der Waals surface area (Å²) >= 11 is 0. The molecule has 0 aliphatic carbocycles. The van der Waals surface area contributed by atoms with E-state index in [4.69, 9.17) is 0 Å². The average Bonchev–Trinajstić information content (AvgIpc) is 0. The van der Waals surface area contributed by atoms with Crippen LogP contribution in [0.4, 0.5) is 0 Å². The molecule has 6 N–H and O–H groups in total. The van der Waals surface area contributed by atoms with Crippen LogP contribution in [0.25, 0.3) is 0 Å². The summed E-state index contributed by atoms with van der Waals surface area (Å²) in [5, 5.41) is 0. The zero-order valence-corrected chi connectivity index (χ0v) is 1.50. The van der Waals surface area contributed by atoms with Gasteiger partial charge in [-0.1, -0.05) is 0 Å². The minimum absolute atomic E-state index is 0. The summed E-state index contributed by atoms with van der Waals surface area (Å²) in [4.78, 5) is 0. The van der Waals surface area contributed by atoms with Gasteiger partial charge in [-0.2, -0.15) is 0 Å². The molecule has 0 fully saturated rings. The Morgan fingerprint density at radius 2 is 0.333 bits per heavy atom. The molecular weight excluding hydrogens is 117 g/mol. The van der Waals surface area contributed by atoms with Crippen LogP contribution < -0.4 is 0 Å². The predicted molar refractivity (Wildman–Crippen MR) is 32.3 cm³/mol. The van der Waals surface area contributed by atoms with Crippen molar-refractivity contribution in [2.45, 2.75) is 0 Å². The average molecular weight is 126 g/mol. The molecule has 0 rings (SSSR count). The molecule has 0 aliphatic heterocycles. The van der Waals surface area contributed by atoms with Crippen LogP contribution in [0.5, 0.6) is 0 Å². The summed E-state index contributed by atoms with van der Waals surface area (Å²) in [6.45, 7) is 0. The minimum atomic E-state index is 0. The molecule has 0 heterocycles. The van der Waals surface area contributed by atoms with E-state index in [0.717, 1.165) is 0 Å². The Morgan fingerprint density at radius 3 is 0.333 bits per heavy atom. The molecule has 30 valence electrons. The third-order valence-corrected chi connectivity index (χ3v) is 0. The van der Waals surface area contributed by atoms with Gasteiger partial charge in [-0.3, -0.25) is 0 Å². The standard InChI is InChI=1S/3Na.3H2O.3H/h;;;3*1H2;;;. The molecule has 3 nitrogen and oxygen atoms in total. The Balaban J connectivity index is 0. The molecule has 0 aromatic rings. The number of hydrogen-bond donors (Lipinski definition) is 0. The summed E-state index contributed by atoms with van der Waals surface area (Å²) in [6, 6.07) is 0. The predicted octanol–water partition coefficient (Wildman–Crippen LogP) is -4.42. The summed E-state index contributed by atoms with van der Waals surface area (Å²) in [5.41, 5.74) is 0. The van der Waals surface area contributed by atoms with Crippen LogP contribution in [0.3, 0.4) is 0 Å². The first-order valence-electron chi connectivity index (χ1n) is 0. The van der Waals surface area contributed by atoms with E-state index in [1.165, 1.54) is 0 Å². The summed E-state index contributed by atoms with van der Waals surface area (Å²) in [7, 11) is 0. The van der Waals surface area contributed by atoms with E-state index in [9.17, 15) is 0 Å². The molecule has 0 saturated heterocycles. The fraction of sp³-hybridized carbons (Fsp3) is 0. The van der Waals surface area contributed by atoms with Gasteiger partial charge >= 0.3 is 88.7 Å². The van der Waals surface area contributed by atoms with Gasteiger partial charge in [0.05, 0.1) is 0 Å². The van der Waals surface area contributed by atoms with Gasteiger partial charge in [0.25, 0.3) is 0 Å². The van der Waals surface area contributed by atoms with Crippen molar-refractivity contribution < 1.29 is 16.4 Å². The van der Waals surface area contributed by atoms with Crippen LogP contribution in [-0.4, -0.2) is 105 Å². The fourth-order valence-corrected chi connectivity index (χ4v) is 0. The molecule has 0 aromatic carbocycles. The Bertz CT molecular complexity index is 6.00. The molecular formula is H9Na3O3. The topological polar surface area (TPSA) is 94.5 Å². The fourth-order valence-electron chi connectivity index (χ4n) is 0. The Kier molecular flexibility index (Phi) is 498. The van der Waals surface area contributed by atoms with Crippen LogP contribution >= 0.6 is 0 Å². The SMILES string of the molecule is O.O.O.[NaH].[NaH].[NaH]. The third-order valence-electron chi connectivity index (χ3n) is 0. The van der Waals surface area contributed by atoms with E-state index in [2.05, 4.69) is 0 Å². The first-order valence-corrected chi connectivity index (χ1v) is 0. The van der Waals surface area contributed by atoms with E-state index in [-0.39, 0.29) is 105 Å². The number of hydrogen-bond acceptors (Lipinski definition) is 0. The molecule has 0 spiro atoms. The molecule has 6 heavy (non-hydrogen) atoms. The second-order valence-electron chi connectivity index (χ2n) is 0. The van der Waals surface area contributed by atoms with Crippen LogP contribution in [0.1, 0.15) is 0 Å². The van der Waals surface area contributed by atoms with Crippen molar-refractivity contribution in [2.24, 2.45) is 0 Å². The second-order valence-corrected chi connectivity index (χ2v) is 0. The van der Waals surface area contributed by atoms with E-state index in [1.54, 1.807) is 0 Å². The maximum absolute atomic E-state index is 0. The Morgan fingerprint density at radius 1 is 0.333 bits per heavy atom. The maximum atomic E-state index is 0. The second kappa shape index (κ2) is 45.0. The molecule has 0 bridgehead atoms. The summed E-state index contributed by atoms with van der Waals surface area (Å²) in [6.07, 6.45) is 0. The normalized spacial score (nSPS) is 0. The summed E-state index contributed by atoms with van der Waals surface area (Å²) in [5.74, 6) is 0. The van der Waals surface area contributed by atoms with Crippen molar-refractivity contribution in [2.75, 3.05) is 0 Å². The zero-order valence-electron chi connectivity index (χ0n) is 1.50. The van der Waals surface area contributed by atoms with E-state index in [1.807, 2.05) is 0 Å². The van der Waals surface area contributed by atoms with Gasteiger partial charge in [0, 0.05) is 0 Å². The van der Waals surface area contributed by atoms with Gasteiger partial charge in [-0.15, -0.1) is 0 Å². The van der Waals surface area contributed by atoms with Crippen molar-refractivity contribution in [3.8, 4) is 0 Å². The van der Waals surface area contributed by atoms with Gasteiger partial charge in [0.1, 0.15) is 0 Å². The van der Waals surface area contributed by atoms with Crippen molar-refractivity contribution in [3.05, 3.63) is 0 Å². The van der Waals surface area contributed by atoms with Crippen molar-refractivity contribution in [1.82, 2.24) is 0 Å². The van der Waals surface area contributed by atoms with Crippen LogP contribution in [-0.2, 0) is 0 Å². The van der Waals surface area contributed by atoms with Gasteiger partial charge < -0.3 is 16.4 Å². The quantitative estimate of drug-likeness (QED) is 0.293. The van der Waals surface area contributed by atoms with Gasteiger partial charge in [-0.05, 0) is 0 Å². The Labute approximate surface area is 103 Å². The van der Waals surface area contributed by atoms with Crippen molar-refractivity contribution >= 4 is 88.7 Å². The van der Waals surface area contributed by atoms with Crippen LogP contribution in [0, 0.1) is 0 Å². The first kappa shape index (κ1) is 66.5. The van der Waals surface area contributed by atoms with Crippen molar-refractivity contribution in [3.63, 3.8) is 0 Å². The molecule has 0 saturated carbocycles. The molecule has 0 aliphatic rings. The van der Waals surface area contributed by atoms with Crippen LogP contribution in [0.2, 0.25) is 0 Å². The van der Waals surface area contributed by atoms with E-state index in [0.29, 0.717) is 0 Å². The first-order chi connectivity index (χ1) is 0. The van der Waals surface area contributed by atoms with Gasteiger partial charge in [0.2, 0.25) is 0 Å². The third kappa shape index (κ3) is 28.7. The molecule has 6 heteroatoms. The van der Waals surface area contributed by atoms with Gasteiger partial charge in [-0.25, -0.2) is 0 Å². The molecule has 0 unspecified atom stereocenters. The Hall–Kier alpha value is 2.88. The van der Waals surface area contributed by atoms with E-state index >= 15 is 0 Å². The summed E-state index contributed by atoms with van der Waals surface area (Å²) < 4.78 is 0. The zero-order chi connectivity index (χ0) is 0. The van der Waals surface area contributed by atoms with E-state index < -0.39 is 0 Å². The van der Waals surface area contributed by atoms with Gasteiger partial charge in [0.15, 0.2) is 0 Å². The molecule has 0 aromatic heterocycles. The monoisotopic (exact) mass is 126 g/mol.